The lowest BCUT2D eigenvalue weighted by Gasteiger charge is -2.16. The Bertz CT molecular complexity index is 826. The van der Waals surface area contributed by atoms with Crippen LogP contribution in [0.15, 0.2) is 54.6 Å². The maximum Gasteiger partial charge on any atom is 0.243 e. The van der Waals surface area contributed by atoms with Crippen molar-refractivity contribution >= 4 is 29.1 Å². The summed E-state index contributed by atoms with van der Waals surface area (Å²) < 4.78 is 13.5. The van der Waals surface area contributed by atoms with E-state index in [-0.39, 0.29) is 37.0 Å². The number of carbonyl (C=O) groups excluding carboxylic acids is 3. The molecule has 7 heteroatoms. The fraction of sp³-hybridized carbons (Fsp3) is 0.211. The van der Waals surface area contributed by atoms with Gasteiger partial charge in [-0.3, -0.25) is 14.4 Å². The van der Waals surface area contributed by atoms with Crippen LogP contribution in [-0.4, -0.2) is 30.8 Å². The molecular weight excluding hydrogens is 337 g/mol. The highest BCUT2D eigenvalue weighted by Crippen LogP contribution is 2.24. The molecule has 26 heavy (non-hydrogen) atoms. The van der Waals surface area contributed by atoms with Gasteiger partial charge in [0.15, 0.2) is 0 Å². The number of para-hydroxylation sites is 2. The standard InChI is InChI=1S/C19H18FN3O3/c20-15-8-4-5-9-16(15)22-17(24)11-21-19(26)13-10-18(25)23(12-13)14-6-2-1-3-7-14/h1-9,13H,10-12H2,(H,21,26)(H,22,24). The van der Waals surface area contributed by atoms with Crippen molar-refractivity contribution in [3.63, 3.8) is 0 Å². The third kappa shape index (κ3) is 4.05. The van der Waals surface area contributed by atoms with Crippen LogP contribution in [0, 0.1) is 11.7 Å². The third-order valence-electron chi connectivity index (χ3n) is 4.13. The molecule has 1 aliphatic heterocycles. The number of amides is 3. The lowest BCUT2D eigenvalue weighted by molar-refractivity contribution is -0.127. The quantitative estimate of drug-likeness (QED) is 0.860. The summed E-state index contributed by atoms with van der Waals surface area (Å²) in [6.07, 6.45) is 0.0929. The number of carbonyl (C=O) groups is 3. The van der Waals surface area contributed by atoms with Gasteiger partial charge >= 0.3 is 0 Å². The van der Waals surface area contributed by atoms with Crippen molar-refractivity contribution in [1.82, 2.24) is 5.32 Å². The van der Waals surface area contributed by atoms with Crippen molar-refractivity contribution in [2.45, 2.75) is 6.42 Å². The van der Waals surface area contributed by atoms with E-state index in [4.69, 9.17) is 0 Å². The van der Waals surface area contributed by atoms with Gasteiger partial charge < -0.3 is 15.5 Å². The smallest absolute Gasteiger partial charge is 0.243 e. The number of hydrogen-bond donors (Lipinski definition) is 2. The first-order chi connectivity index (χ1) is 12.5. The monoisotopic (exact) mass is 355 g/mol. The fourth-order valence-corrected chi connectivity index (χ4v) is 2.81. The molecular formula is C19H18FN3O3. The number of rotatable bonds is 5. The zero-order valence-electron chi connectivity index (χ0n) is 13.9. The van der Waals surface area contributed by atoms with Crippen LogP contribution >= 0.6 is 0 Å². The fourth-order valence-electron chi connectivity index (χ4n) is 2.81. The number of hydrogen-bond acceptors (Lipinski definition) is 3. The van der Waals surface area contributed by atoms with E-state index in [1.807, 2.05) is 18.2 Å². The van der Waals surface area contributed by atoms with Crippen molar-refractivity contribution in [3.8, 4) is 0 Å². The number of nitrogens with one attached hydrogen (secondary N) is 2. The van der Waals surface area contributed by atoms with E-state index in [0.29, 0.717) is 0 Å². The first-order valence-electron chi connectivity index (χ1n) is 8.22. The molecule has 1 fully saturated rings. The molecule has 0 bridgehead atoms. The highest BCUT2D eigenvalue weighted by molar-refractivity contribution is 6.01. The number of benzene rings is 2. The second-order valence-electron chi connectivity index (χ2n) is 5.99. The van der Waals surface area contributed by atoms with Gasteiger partial charge in [0.2, 0.25) is 17.7 Å². The Morgan fingerprint density at radius 1 is 1.08 bits per heavy atom. The van der Waals surface area contributed by atoms with Crippen LogP contribution in [0.4, 0.5) is 15.8 Å². The Morgan fingerprint density at radius 2 is 1.77 bits per heavy atom. The summed E-state index contributed by atoms with van der Waals surface area (Å²) in [4.78, 5) is 37.8. The van der Waals surface area contributed by atoms with E-state index in [9.17, 15) is 18.8 Å². The van der Waals surface area contributed by atoms with Crippen molar-refractivity contribution in [3.05, 3.63) is 60.4 Å². The molecule has 0 aliphatic carbocycles. The Kier molecular flexibility index (Phi) is 5.26. The number of halogens is 1. The van der Waals surface area contributed by atoms with Crippen molar-refractivity contribution in [1.29, 1.82) is 0 Å². The minimum atomic E-state index is -0.549. The van der Waals surface area contributed by atoms with Crippen molar-refractivity contribution in [2.75, 3.05) is 23.3 Å². The second-order valence-corrected chi connectivity index (χ2v) is 5.99. The molecule has 2 aromatic rings. The summed E-state index contributed by atoms with van der Waals surface area (Å²) in [6, 6.07) is 14.9. The van der Waals surface area contributed by atoms with E-state index in [1.165, 1.54) is 18.2 Å². The van der Waals surface area contributed by atoms with Gasteiger partial charge in [0, 0.05) is 18.7 Å². The lowest BCUT2D eigenvalue weighted by atomic mass is 10.1. The van der Waals surface area contributed by atoms with Gasteiger partial charge in [-0.05, 0) is 24.3 Å². The normalized spacial score (nSPS) is 16.4. The highest BCUT2D eigenvalue weighted by Gasteiger charge is 2.35. The average Bonchev–Trinajstić information content (AvgIpc) is 3.04. The molecule has 134 valence electrons. The maximum atomic E-state index is 13.5. The molecule has 3 rings (SSSR count). The molecule has 0 spiro atoms. The van der Waals surface area contributed by atoms with E-state index < -0.39 is 17.6 Å². The Morgan fingerprint density at radius 3 is 2.50 bits per heavy atom. The minimum Gasteiger partial charge on any atom is -0.347 e. The molecule has 0 saturated carbocycles. The molecule has 1 atom stereocenters. The highest BCUT2D eigenvalue weighted by atomic mass is 19.1. The van der Waals surface area contributed by atoms with Crippen LogP contribution in [0.25, 0.3) is 0 Å². The van der Waals surface area contributed by atoms with Crippen LogP contribution in [0.5, 0.6) is 0 Å². The summed E-state index contributed by atoms with van der Waals surface area (Å²) in [6.45, 7) is -0.0210. The van der Waals surface area contributed by atoms with Gasteiger partial charge in [0.25, 0.3) is 0 Å². The van der Waals surface area contributed by atoms with Gasteiger partial charge in [-0.1, -0.05) is 30.3 Å². The summed E-state index contributed by atoms with van der Waals surface area (Å²) in [7, 11) is 0. The Labute approximate surface area is 150 Å². The summed E-state index contributed by atoms with van der Waals surface area (Å²) >= 11 is 0. The number of nitrogens with zero attached hydrogens (tertiary/aromatic N) is 1. The SMILES string of the molecule is O=C(CNC(=O)C1CC(=O)N(c2ccccc2)C1)Nc1ccccc1F. The predicted octanol–water partition coefficient (Wildman–Crippen LogP) is 1.93. The summed E-state index contributed by atoms with van der Waals surface area (Å²) in [5.74, 6) is -2.11. The molecule has 6 nitrogen and oxygen atoms in total. The molecule has 1 saturated heterocycles. The molecule has 1 heterocycles. The Balaban J connectivity index is 1.52. The van der Waals surface area contributed by atoms with Gasteiger partial charge in [-0.2, -0.15) is 0 Å². The molecule has 0 aromatic heterocycles. The zero-order chi connectivity index (χ0) is 18.5. The topological polar surface area (TPSA) is 78.5 Å². The van der Waals surface area contributed by atoms with Gasteiger partial charge in [-0.25, -0.2) is 4.39 Å². The first kappa shape index (κ1) is 17.6. The molecule has 0 radical (unpaired) electrons. The number of anilines is 2. The van der Waals surface area contributed by atoms with Gasteiger partial charge in [0.05, 0.1) is 18.2 Å². The largest absolute Gasteiger partial charge is 0.347 e. The van der Waals surface area contributed by atoms with E-state index >= 15 is 0 Å². The van der Waals surface area contributed by atoms with Crippen LogP contribution < -0.4 is 15.5 Å². The van der Waals surface area contributed by atoms with Crippen LogP contribution in [0.1, 0.15) is 6.42 Å². The van der Waals surface area contributed by atoms with Crippen LogP contribution in [0.3, 0.4) is 0 Å². The average molecular weight is 355 g/mol. The third-order valence-corrected chi connectivity index (χ3v) is 4.13. The lowest BCUT2D eigenvalue weighted by Crippen LogP contribution is -2.38. The van der Waals surface area contributed by atoms with Gasteiger partial charge in [-0.15, -0.1) is 0 Å². The van der Waals surface area contributed by atoms with Crippen LogP contribution in [-0.2, 0) is 14.4 Å². The van der Waals surface area contributed by atoms with E-state index in [1.54, 1.807) is 23.1 Å². The van der Waals surface area contributed by atoms with E-state index in [2.05, 4.69) is 10.6 Å². The first-order valence-corrected chi connectivity index (χ1v) is 8.22. The van der Waals surface area contributed by atoms with Crippen molar-refractivity contribution in [2.24, 2.45) is 5.92 Å². The molecule has 2 aromatic carbocycles. The maximum absolute atomic E-state index is 13.5. The Hall–Kier alpha value is -3.22. The molecule has 3 amide bonds. The van der Waals surface area contributed by atoms with E-state index in [0.717, 1.165) is 5.69 Å². The second kappa shape index (κ2) is 7.77. The summed E-state index contributed by atoms with van der Waals surface area (Å²) in [5.41, 5.74) is 0.795. The zero-order valence-corrected chi connectivity index (χ0v) is 13.9. The molecule has 2 N–H and O–H groups in total. The predicted molar refractivity (Wildman–Crippen MR) is 94.9 cm³/mol. The van der Waals surface area contributed by atoms with Crippen molar-refractivity contribution < 1.29 is 18.8 Å². The molecule has 1 aliphatic rings. The van der Waals surface area contributed by atoms with Gasteiger partial charge in [0.1, 0.15) is 5.82 Å². The minimum absolute atomic E-state index is 0.0537. The summed E-state index contributed by atoms with van der Waals surface area (Å²) in [5, 5.41) is 4.90. The van der Waals surface area contributed by atoms with Crippen LogP contribution in [0.2, 0.25) is 0 Å². The molecule has 1 unspecified atom stereocenters.